The second kappa shape index (κ2) is 6.19. The molecule has 0 spiro atoms. The quantitative estimate of drug-likeness (QED) is 0.794. The minimum atomic E-state index is 0.442. The van der Waals surface area contributed by atoms with E-state index in [-0.39, 0.29) is 0 Å². The number of rotatable bonds is 5. The van der Waals surface area contributed by atoms with Crippen LogP contribution in [0.2, 0.25) is 0 Å². The van der Waals surface area contributed by atoms with Gasteiger partial charge in [-0.15, -0.1) is 0 Å². The number of nitrogens with one attached hydrogen (secondary N) is 1. The Bertz CT molecular complexity index is 215. The minimum Gasteiger partial charge on any atom is -0.381 e. The fourth-order valence-electron chi connectivity index (χ4n) is 3.53. The second-order valence-electron chi connectivity index (χ2n) is 6.55. The zero-order chi connectivity index (χ0) is 12.1. The molecule has 0 amide bonds. The lowest BCUT2D eigenvalue weighted by atomic mass is 9.74. The third kappa shape index (κ3) is 3.96. The lowest BCUT2D eigenvalue weighted by molar-refractivity contribution is -0.0211. The van der Waals surface area contributed by atoms with E-state index in [2.05, 4.69) is 19.2 Å². The van der Waals surface area contributed by atoms with Gasteiger partial charge < -0.3 is 10.1 Å². The maximum absolute atomic E-state index is 5.79. The van der Waals surface area contributed by atoms with Gasteiger partial charge in [0.05, 0.1) is 6.61 Å². The molecule has 1 aliphatic heterocycles. The van der Waals surface area contributed by atoms with Crippen LogP contribution in [-0.2, 0) is 4.74 Å². The van der Waals surface area contributed by atoms with E-state index in [1.54, 1.807) is 0 Å². The molecule has 0 aromatic rings. The molecule has 2 rings (SSSR count). The summed E-state index contributed by atoms with van der Waals surface area (Å²) in [6.07, 6.45) is 9.85. The maximum atomic E-state index is 5.79. The number of hydrogen-bond acceptors (Lipinski definition) is 2. The molecule has 0 aromatic carbocycles. The molecular formula is C15H29NO. The van der Waals surface area contributed by atoms with Crippen LogP contribution in [0.3, 0.4) is 0 Å². The van der Waals surface area contributed by atoms with Crippen LogP contribution < -0.4 is 5.32 Å². The average molecular weight is 239 g/mol. The molecule has 1 aliphatic carbocycles. The van der Waals surface area contributed by atoms with Gasteiger partial charge in [-0.05, 0) is 25.2 Å². The monoisotopic (exact) mass is 239 g/mol. The van der Waals surface area contributed by atoms with Crippen molar-refractivity contribution in [3.05, 3.63) is 0 Å². The Labute approximate surface area is 107 Å². The van der Waals surface area contributed by atoms with Crippen molar-refractivity contribution < 1.29 is 4.74 Å². The first kappa shape index (κ1) is 13.4. The molecule has 0 radical (unpaired) electrons. The lowest BCUT2D eigenvalue weighted by Crippen LogP contribution is -2.44. The largest absolute Gasteiger partial charge is 0.381 e. The third-order valence-electron chi connectivity index (χ3n) is 4.49. The molecule has 0 aromatic heterocycles. The molecule has 2 nitrogen and oxygen atoms in total. The van der Waals surface area contributed by atoms with Crippen molar-refractivity contribution in [1.82, 2.24) is 5.32 Å². The van der Waals surface area contributed by atoms with Gasteiger partial charge in [0.15, 0.2) is 0 Å². The van der Waals surface area contributed by atoms with Gasteiger partial charge in [0.2, 0.25) is 0 Å². The van der Waals surface area contributed by atoms with E-state index >= 15 is 0 Å². The predicted octanol–water partition coefficient (Wildman–Crippen LogP) is 3.36. The SMILES string of the molecule is CC(C)NCC1(CC2CCCC2)CCCOC1. The Morgan fingerprint density at radius 3 is 2.59 bits per heavy atom. The summed E-state index contributed by atoms with van der Waals surface area (Å²) in [5.74, 6) is 0.977. The van der Waals surface area contributed by atoms with Gasteiger partial charge >= 0.3 is 0 Å². The van der Waals surface area contributed by atoms with Crippen molar-refractivity contribution in [3.8, 4) is 0 Å². The fourth-order valence-corrected chi connectivity index (χ4v) is 3.53. The zero-order valence-corrected chi connectivity index (χ0v) is 11.6. The van der Waals surface area contributed by atoms with Crippen molar-refractivity contribution in [1.29, 1.82) is 0 Å². The second-order valence-corrected chi connectivity index (χ2v) is 6.55. The summed E-state index contributed by atoms with van der Waals surface area (Å²) in [4.78, 5) is 0. The van der Waals surface area contributed by atoms with Gasteiger partial charge in [-0.1, -0.05) is 39.5 Å². The first-order valence-electron chi connectivity index (χ1n) is 7.51. The van der Waals surface area contributed by atoms with E-state index in [1.165, 1.54) is 44.9 Å². The molecule has 100 valence electrons. The maximum Gasteiger partial charge on any atom is 0.0534 e. The van der Waals surface area contributed by atoms with E-state index in [0.717, 1.165) is 25.7 Å². The molecule has 2 aliphatic rings. The van der Waals surface area contributed by atoms with Crippen LogP contribution >= 0.6 is 0 Å². The highest BCUT2D eigenvalue weighted by Crippen LogP contribution is 2.40. The zero-order valence-electron chi connectivity index (χ0n) is 11.6. The average Bonchev–Trinajstić information content (AvgIpc) is 2.80. The summed E-state index contributed by atoms with van der Waals surface area (Å²) in [6, 6.07) is 0.595. The Morgan fingerprint density at radius 1 is 1.24 bits per heavy atom. The van der Waals surface area contributed by atoms with E-state index in [4.69, 9.17) is 4.74 Å². The summed E-state index contributed by atoms with van der Waals surface area (Å²) in [6.45, 7) is 7.61. The molecular weight excluding hydrogens is 210 g/mol. The molecule has 1 N–H and O–H groups in total. The van der Waals surface area contributed by atoms with E-state index < -0.39 is 0 Å². The first-order chi connectivity index (χ1) is 8.20. The van der Waals surface area contributed by atoms with Crippen molar-refractivity contribution in [2.24, 2.45) is 11.3 Å². The van der Waals surface area contributed by atoms with Crippen LogP contribution in [-0.4, -0.2) is 25.8 Å². The summed E-state index contributed by atoms with van der Waals surface area (Å²) in [5.41, 5.74) is 0.442. The third-order valence-corrected chi connectivity index (χ3v) is 4.49. The van der Waals surface area contributed by atoms with Crippen LogP contribution in [0.5, 0.6) is 0 Å². The van der Waals surface area contributed by atoms with Gasteiger partial charge in [0.25, 0.3) is 0 Å². The molecule has 1 saturated carbocycles. The highest BCUT2D eigenvalue weighted by molar-refractivity contribution is 4.88. The smallest absolute Gasteiger partial charge is 0.0534 e. The molecule has 2 heteroatoms. The minimum absolute atomic E-state index is 0.442. The Balaban J connectivity index is 1.90. The molecule has 1 unspecified atom stereocenters. The highest BCUT2D eigenvalue weighted by Gasteiger charge is 2.35. The Hall–Kier alpha value is -0.0800. The molecule has 17 heavy (non-hydrogen) atoms. The normalized spacial score (nSPS) is 31.2. The highest BCUT2D eigenvalue weighted by atomic mass is 16.5. The van der Waals surface area contributed by atoms with Crippen LogP contribution in [0.15, 0.2) is 0 Å². The van der Waals surface area contributed by atoms with Crippen molar-refractivity contribution in [2.75, 3.05) is 19.8 Å². The number of hydrogen-bond donors (Lipinski definition) is 1. The topological polar surface area (TPSA) is 21.3 Å². The van der Waals surface area contributed by atoms with Crippen LogP contribution in [0.1, 0.15) is 58.8 Å². The fraction of sp³-hybridized carbons (Fsp3) is 1.00. The van der Waals surface area contributed by atoms with Gasteiger partial charge in [-0.3, -0.25) is 0 Å². The molecule has 0 bridgehead atoms. The van der Waals surface area contributed by atoms with Crippen LogP contribution in [0, 0.1) is 11.3 Å². The molecule has 2 fully saturated rings. The van der Waals surface area contributed by atoms with Gasteiger partial charge in [0.1, 0.15) is 0 Å². The summed E-state index contributed by atoms with van der Waals surface area (Å²) < 4.78 is 5.79. The predicted molar refractivity (Wildman–Crippen MR) is 72.2 cm³/mol. The van der Waals surface area contributed by atoms with E-state index in [1.807, 2.05) is 0 Å². The Morgan fingerprint density at radius 2 is 2.00 bits per heavy atom. The first-order valence-corrected chi connectivity index (χ1v) is 7.51. The summed E-state index contributed by atoms with van der Waals surface area (Å²) >= 11 is 0. The van der Waals surface area contributed by atoms with Crippen molar-refractivity contribution in [2.45, 2.75) is 64.8 Å². The summed E-state index contributed by atoms with van der Waals surface area (Å²) in [5, 5.41) is 3.65. The standard InChI is InChI=1S/C15H29NO/c1-13(2)16-11-15(8-5-9-17-12-15)10-14-6-3-4-7-14/h13-14,16H,3-12H2,1-2H3. The van der Waals surface area contributed by atoms with Gasteiger partial charge in [-0.25, -0.2) is 0 Å². The van der Waals surface area contributed by atoms with E-state index in [0.29, 0.717) is 11.5 Å². The molecule has 1 heterocycles. The van der Waals surface area contributed by atoms with Gasteiger partial charge in [0, 0.05) is 24.6 Å². The van der Waals surface area contributed by atoms with Crippen LogP contribution in [0.4, 0.5) is 0 Å². The molecule has 1 atom stereocenters. The van der Waals surface area contributed by atoms with Gasteiger partial charge in [-0.2, -0.15) is 0 Å². The summed E-state index contributed by atoms with van der Waals surface area (Å²) in [7, 11) is 0. The lowest BCUT2D eigenvalue weighted by Gasteiger charge is -2.39. The Kier molecular flexibility index (Phi) is 4.87. The molecule has 1 saturated heterocycles. The van der Waals surface area contributed by atoms with Crippen molar-refractivity contribution >= 4 is 0 Å². The number of ether oxygens (including phenoxy) is 1. The van der Waals surface area contributed by atoms with Crippen molar-refractivity contribution in [3.63, 3.8) is 0 Å². The van der Waals surface area contributed by atoms with E-state index in [9.17, 15) is 0 Å². The van der Waals surface area contributed by atoms with Crippen LogP contribution in [0.25, 0.3) is 0 Å².